The predicted octanol–water partition coefficient (Wildman–Crippen LogP) is -3.35. The molecule has 0 aromatic heterocycles. The second kappa shape index (κ2) is 4.28. The lowest BCUT2D eigenvalue weighted by Gasteiger charge is -2.22. The molecule has 7 heteroatoms. The molecule has 0 aromatic carbocycles. The van der Waals surface area contributed by atoms with Gasteiger partial charge < -0.3 is 26.8 Å². The van der Waals surface area contributed by atoms with Crippen molar-refractivity contribution in [1.82, 2.24) is 0 Å². The lowest BCUT2D eigenvalue weighted by atomic mass is 9.92. The summed E-state index contributed by atoms with van der Waals surface area (Å²) in [6, 6.07) is -1.40. The number of aliphatic hydroxyl groups is 2. The molecular formula is C6H12N2O5. The summed E-state index contributed by atoms with van der Waals surface area (Å²) in [6.45, 7) is -1.78. The first-order valence-electron chi connectivity index (χ1n) is 3.44. The number of carboxylic acids is 1. The highest BCUT2D eigenvalue weighted by atomic mass is 16.4. The lowest BCUT2D eigenvalue weighted by molar-refractivity contribution is -0.150. The highest BCUT2D eigenvalue weighted by Gasteiger charge is 2.43. The first-order valence-corrected chi connectivity index (χ1v) is 3.44. The molecule has 0 aliphatic rings. The van der Waals surface area contributed by atoms with Crippen molar-refractivity contribution in [3.8, 4) is 0 Å². The van der Waals surface area contributed by atoms with E-state index in [1.165, 1.54) is 0 Å². The second-order valence-corrected chi connectivity index (χ2v) is 2.59. The monoisotopic (exact) mass is 192 g/mol. The van der Waals surface area contributed by atoms with Crippen molar-refractivity contribution in [2.24, 2.45) is 11.5 Å². The molecule has 0 bridgehead atoms. The Bertz CT molecular complexity index is 219. The maximum Gasteiger partial charge on any atom is 0.333 e. The molecule has 0 aliphatic heterocycles. The average molecular weight is 192 g/mol. The molecule has 2 atom stereocenters. The van der Waals surface area contributed by atoms with Gasteiger partial charge in [-0.1, -0.05) is 0 Å². The van der Waals surface area contributed by atoms with Crippen LogP contribution in [0.3, 0.4) is 0 Å². The first kappa shape index (κ1) is 12.0. The van der Waals surface area contributed by atoms with Crippen LogP contribution >= 0.6 is 0 Å². The zero-order valence-corrected chi connectivity index (χ0v) is 6.80. The Morgan fingerprint density at radius 1 is 1.38 bits per heavy atom. The molecule has 0 saturated heterocycles. The van der Waals surface area contributed by atoms with Crippen LogP contribution in [0.2, 0.25) is 0 Å². The van der Waals surface area contributed by atoms with Crippen LogP contribution in [0, 0.1) is 0 Å². The minimum Gasteiger partial charge on any atom is -0.479 e. The minimum absolute atomic E-state index is 0.717. The van der Waals surface area contributed by atoms with Crippen molar-refractivity contribution in [2.45, 2.75) is 11.6 Å². The Hall–Kier alpha value is -1.02. The van der Waals surface area contributed by atoms with E-state index in [2.05, 4.69) is 0 Å². The van der Waals surface area contributed by atoms with Crippen LogP contribution < -0.4 is 11.5 Å². The number of carbonyl (C=O) groups excluding carboxylic acids is 1. The van der Waals surface area contributed by atoms with Gasteiger partial charge in [-0.25, -0.2) is 4.79 Å². The third-order valence-electron chi connectivity index (χ3n) is 1.60. The van der Waals surface area contributed by atoms with E-state index in [1.807, 2.05) is 0 Å². The number of carboxylic acid groups (broad SMARTS) is 1. The van der Waals surface area contributed by atoms with Gasteiger partial charge in [0, 0.05) is 0 Å². The van der Waals surface area contributed by atoms with E-state index >= 15 is 0 Å². The molecule has 7 nitrogen and oxygen atoms in total. The van der Waals surface area contributed by atoms with Crippen LogP contribution in [-0.4, -0.2) is 51.9 Å². The van der Waals surface area contributed by atoms with Gasteiger partial charge in [0.15, 0.2) is 11.3 Å². The zero-order valence-electron chi connectivity index (χ0n) is 6.80. The molecule has 0 aliphatic carbocycles. The number of rotatable bonds is 5. The predicted molar refractivity (Wildman–Crippen MR) is 41.7 cm³/mol. The quantitative estimate of drug-likeness (QED) is 0.286. The molecule has 0 saturated carbocycles. The van der Waals surface area contributed by atoms with E-state index in [1.54, 1.807) is 0 Å². The van der Waals surface area contributed by atoms with E-state index in [9.17, 15) is 9.59 Å². The Balaban J connectivity index is 4.77. The first-order chi connectivity index (χ1) is 5.90. The Morgan fingerprint density at radius 2 is 1.85 bits per heavy atom. The summed E-state index contributed by atoms with van der Waals surface area (Å²) < 4.78 is 0. The molecule has 0 rings (SSSR count). The van der Waals surface area contributed by atoms with Crippen LogP contribution in [0.4, 0.5) is 0 Å². The Kier molecular flexibility index (Phi) is 3.95. The molecule has 0 amide bonds. The van der Waals surface area contributed by atoms with Gasteiger partial charge >= 0.3 is 5.97 Å². The van der Waals surface area contributed by atoms with Crippen LogP contribution in [0.5, 0.6) is 0 Å². The third-order valence-corrected chi connectivity index (χ3v) is 1.60. The van der Waals surface area contributed by atoms with Crippen molar-refractivity contribution in [1.29, 1.82) is 0 Å². The van der Waals surface area contributed by atoms with E-state index in [4.69, 9.17) is 26.8 Å². The molecular weight excluding hydrogens is 180 g/mol. The van der Waals surface area contributed by atoms with E-state index in [-0.39, 0.29) is 0 Å². The van der Waals surface area contributed by atoms with Crippen LogP contribution in [0.25, 0.3) is 0 Å². The maximum atomic E-state index is 11.1. The van der Waals surface area contributed by atoms with Crippen molar-refractivity contribution < 1.29 is 24.9 Å². The topological polar surface area (TPSA) is 147 Å². The van der Waals surface area contributed by atoms with Crippen molar-refractivity contribution >= 4 is 11.8 Å². The summed E-state index contributed by atoms with van der Waals surface area (Å²) in [5, 5.41) is 25.6. The summed E-state index contributed by atoms with van der Waals surface area (Å²) >= 11 is 0. The number of hydrogen-bond donors (Lipinski definition) is 5. The Labute approximate surface area is 73.9 Å². The molecule has 7 N–H and O–H groups in total. The maximum absolute atomic E-state index is 11.1. The molecule has 0 aromatic rings. The standard InChI is InChI=1S/C6H12N2O5/c7-3(1-9)4(11)6(8,2-10)5(12)13/h3,9-10H,1-2,7-8H2,(H,12,13)/t3-,6+/m0/s1. The van der Waals surface area contributed by atoms with Crippen molar-refractivity contribution in [2.75, 3.05) is 13.2 Å². The van der Waals surface area contributed by atoms with Crippen LogP contribution in [0.15, 0.2) is 0 Å². The van der Waals surface area contributed by atoms with Crippen molar-refractivity contribution in [3.05, 3.63) is 0 Å². The third kappa shape index (κ3) is 2.22. The molecule has 0 fully saturated rings. The molecule has 0 heterocycles. The van der Waals surface area contributed by atoms with Gasteiger partial charge in [0.25, 0.3) is 0 Å². The molecule has 76 valence electrons. The van der Waals surface area contributed by atoms with Gasteiger partial charge in [-0.3, -0.25) is 4.79 Å². The van der Waals surface area contributed by atoms with Gasteiger partial charge in [0.05, 0.1) is 19.3 Å². The fraction of sp³-hybridized carbons (Fsp3) is 0.667. The van der Waals surface area contributed by atoms with E-state index in [0.29, 0.717) is 0 Å². The van der Waals surface area contributed by atoms with Crippen LogP contribution in [-0.2, 0) is 9.59 Å². The van der Waals surface area contributed by atoms with Crippen molar-refractivity contribution in [3.63, 3.8) is 0 Å². The number of nitrogens with two attached hydrogens (primary N) is 2. The summed E-state index contributed by atoms with van der Waals surface area (Å²) in [6.07, 6.45) is 0. The highest BCUT2D eigenvalue weighted by molar-refractivity contribution is 6.10. The second-order valence-electron chi connectivity index (χ2n) is 2.59. The number of Topliss-reactive ketones (excluding diaryl/α,β-unsaturated/α-hetero) is 1. The SMILES string of the molecule is N[C@@H](CO)C(=O)[C@](N)(CO)C(=O)O. The smallest absolute Gasteiger partial charge is 0.333 e. The van der Waals surface area contributed by atoms with Gasteiger partial charge in [-0.15, -0.1) is 0 Å². The number of carbonyl (C=O) groups is 2. The number of aliphatic carboxylic acids is 1. The van der Waals surface area contributed by atoms with E-state index in [0.717, 1.165) is 0 Å². The highest BCUT2D eigenvalue weighted by Crippen LogP contribution is 2.04. The average Bonchev–Trinajstić information content (AvgIpc) is 2.13. The van der Waals surface area contributed by atoms with Gasteiger partial charge in [0.1, 0.15) is 0 Å². The number of aliphatic hydroxyl groups excluding tert-OH is 2. The minimum atomic E-state index is -2.43. The molecule has 0 unspecified atom stereocenters. The Morgan fingerprint density at radius 3 is 2.08 bits per heavy atom. The van der Waals surface area contributed by atoms with E-state index < -0.39 is 36.5 Å². The summed E-state index contributed by atoms with van der Waals surface area (Å²) in [5.41, 5.74) is 7.70. The number of hydrogen-bond acceptors (Lipinski definition) is 6. The largest absolute Gasteiger partial charge is 0.479 e. The lowest BCUT2D eigenvalue weighted by Crippen LogP contribution is -2.63. The molecule has 0 radical (unpaired) electrons. The fourth-order valence-corrected chi connectivity index (χ4v) is 0.665. The fourth-order valence-electron chi connectivity index (χ4n) is 0.665. The normalized spacial score (nSPS) is 17.5. The summed E-state index contributed by atoms with van der Waals surface area (Å²) in [7, 11) is 0. The summed E-state index contributed by atoms with van der Waals surface area (Å²) in [4.78, 5) is 21.6. The van der Waals surface area contributed by atoms with Crippen LogP contribution in [0.1, 0.15) is 0 Å². The molecule has 0 spiro atoms. The van der Waals surface area contributed by atoms with Gasteiger partial charge in [-0.05, 0) is 0 Å². The summed E-state index contributed by atoms with van der Waals surface area (Å²) in [5.74, 6) is -2.78. The van der Waals surface area contributed by atoms with Gasteiger partial charge in [0.2, 0.25) is 0 Å². The molecule has 13 heavy (non-hydrogen) atoms. The number of ketones is 1. The van der Waals surface area contributed by atoms with Gasteiger partial charge in [-0.2, -0.15) is 0 Å². The zero-order chi connectivity index (χ0) is 10.6.